The van der Waals surface area contributed by atoms with Crippen LogP contribution < -0.4 is 16.0 Å². The molecule has 0 bridgehead atoms. The molecule has 0 aliphatic carbocycles. The normalized spacial score (nSPS) is 18.5. The van der Waals surface area contributed by atoms with Crippen molar-refractivity contribution in [2.45, 2.75) is 18.4 Å². The fourth-order valence-corrected chi connectivity index (χ4v) is 2.38. The summed E-state index contributed by atoms with van der Waals surface area (Å²) < 4.78 is 25.9. The summed E-state index contributed by atoms with van der Waals surface area (Å²) in [6.07, 6.45) is 0.968. The molecular weight excluding hydrogens is 396 g/mol. The summed E-state index contributed by atoms with van der Waals surface area (Å²) in [5.41, 5.74) is 0. The highest BCUT2D eigenvalue weighted by atomic mass is 35.5. The Balaban J connectivity index is 0.00000242. The first-order valence-electron chi connectivity index (χ1n) is 6.31. The monoisotopic (exact) mass is 410 g/mol. The summed E-state index contributed by atoms with van der Waals surface area (Å²) in [5, 5.41) is 8.77. The fraction of sp³-hybridized carbons (Fsp3) is 0.500. The number of pyridine rings is 1. The maximum Gasteiger partial charge on any atom is 0.262 e. The Morgan fingerprint density at radius 2 is 2.09 bits per heavy atom. The highest BCUT2D eigenvalue weighted by Gasteiger charge is 2.42. The Morgan fingerprint density at radius 1 is 1.39 bits per heavy atom. The van der Waals surface area contributed by atoms with Crippen LogP contribution in [0.3, 0.4) is 0 Å². The van der Waals surface area contributed by atoms with Gasteiger partial charge in [0.05, 0.1) is 22.6 Å². The van der Waals surface area contributed by atoms with Gasteiger partial charge in [-0.25, -0.2) is 13.8 Å². The Labute approximate surface area is 154 Å². The van der Waals surface area contributed by atoms with Crippen LogP contribution >= 0.6 is 48.0 Å². The molecule has 1 unspecified atom stereocenters. The molecule has 2 heterocycles. The van der Waals surface area contributed by atoms with Crippen molar-refractivity contribution in [2.24, 2.45) is 0 Å². The quantitative estimate of drug-likeness (QED) is 0.652. The molecule has 1 saturated heterocycles. The van der Waals surface area contributed by atoms with Gasteiger partial charge in [-0.15, -0.1) is 24.8 Å². The van der Waals surface area contributed by atoms with Crippen LogP contribution in [0.25, 0.3) is 0 Å². The molecule has 1 aliphatic heterocycles. The van der Waals surface area contributed by atoms with Gasteiger partial charge in [0.1, 0.15) is 5.82 Å². The van der Waals surface area contributed by atoms with E-state index in [9.17, 15) is 13.6 Å². The Morgan fingerprint density at radius 3 is 2.65 bits per heavy atom. The van der Waals surface area contributed by atoms with Gasteiger partial charge >= 0.3 is 0 Å². The first kappa shape index (κ1) is 22.4. The lowest BCUT2D eigenvalue weighted by atomic mass is 10.2. The van der Waals surface area contributed by atoms with Crippen LogP contribution in [0.5, 0.6) is 0 Å². The van der Waals surface area contributed by atoms with E-state index in [2.05, 4.69) is 20.9 Å². The number of halogens is 6. The molecule has 2 rings (SSSR count). The van der Waals surface area contributed by atoms with Crippen LogP contribution in [0.2, 0.25) is 10.0 Å². The summed E-state index contributed by atoms with van der Waals surface area (Å²) >= 11 is 11.6. The van der Waals surface area contributed by atoms with Gasteiger partial charge in [0.2, 0.25) is 5.91 Å². The van der Waals surface area contributed by atoms with Crippen molar-refractivity contribution in [1.29, 1.82) is 0 Å². The zero-order chi connectivity index (χ0) is 15.5. The molecule has 1 aromatic heterocycles. The second-order valence-electron chi connectivity index (χ2n) is 4.70. The van der Waals surface area contributed by atoms with Crippen LogP contribution in [-0.4, -0.2) is 42.5 Å². The molecule has 0 saturated carbocycles. The lowest BCUT2D eigenvalue weighted by Gasteiger charge is -2.12. The number of alkyl halides is 2. The summed E-state index contributed by atoms with van der Waals surface area (Å²) in [7, 11) is 0. The Kier molecular flexibility index (Phi) is 9.39. The van der Waals surface area contributed by atoms with Crippen molar-refractivity contribution in [1.82, 2.24) is 15.6 Å². The van der Waals surface area contributed by atoms with Crippen LogP contribution in [-0.2, 0) is 4.79 Å². The number of rotatable bonds is 5. The van der Waals surface area contributed by atoms with E-state index in [1.807, 2.05) is 0 Å². The fourth-order valence-electron chi connectivity index (χ4n) is 1.94. The number of hydrogen-bond acceptors (Lipinski definition) is 4. The largest absolute Gasteiger partial charge is 0.367 e. The number of nitrogens with one attached hydrogen (secondary N) is 3. The molecule has 1 aromatic rings. The maximum absolute atomic E-state index is 13.0. The number of aromatic nitrogens is 1. The van der Waals surface area contributed by atoms with Gasteiger partial charge in [0.25, 0.3) is 5.92 Å². The number of amides is 1. The first-order valence-corrected chi connectivity index (χ1v) is 7.07. The lowest BCUT2D eigenvalue weighted by molar-refractivity contribution is -0.123. The minimum absolute atomic E-state index is 0. The van der Waals surface area contributed by atoms with E-state index < -0.39 is 30.8 Å². The van der Waals surface area contributed by atoms with Gasteiger partial charge in [-0.2, -0.15) is 0 Å². The van der Waals surface area contributed by atoms with Crippen LogP contribution in [0, 0.1) is 0 Å². The van der Waals surface area contributed by atoms with Crippen molar-refractivity contribution in [3.63, 3.8) is 0 Å². The van der Waals surface area contributed by atoms with Crippen molar-refractivity contribution in [3.05, 3.63) is 22.3 Å². The smallest absolute Gasteiger partial charge is 0.262 e. The third kappa shape index (κ3) is 6.81. The van der Waals surface area contributed by atoms with Gasteiger partial charge in [-0.1, -0.05) is 23.2 Å². The highest BCUT2D eigenvalue weighted by molar-refractivity contribution is 6.35. The summed E-state index contributed by atoms with van der Waals surface area (Å²) in [6, 6.07) is 0.693. The molecule has 11 heteroatoms. The predicted molar refractivity (Wildman–Crippen MR) is 91.6 cm³/mol. The van der Waals surface area contributed by atoms with Crippen molar-refractivity contribution >= 4 is 59.7 Å². The number of nitrogens with zero attached hydrogens (tertiary/aromatic N) is 1. The van der Waals surface area contributed by atoms with E-state index in [0.29, 0.717) is 22.4 Å². The molecule has 5 nitrogen and oxygen atoms in total. The molecule has 0 spiro atoms. The molecule has 1 amide bonds. The van der Waals surface area contributed by atoms with E-state index in [4.69, 9.17) is 23.2 Å². The number of anilines is 1. The van der Waals surface area contributed by atoms with Gasteiger partial charge in [0, 0.05) is 25.7 Å². The average Bonchev–Trinajstić information content (AvgIpc) is 2.77. The minimum atomic E-state index is -2.82. The number of hydrogen-bond donors (Lipinski definition) is 3. The second kappa shape index (κ2) is 9.64. The molecule has 3 N–H and O–H groups in total. The summed E-state index contributed by atoms with van der Waals surface area (Å²) in [6.45, 7) is 0.167. The van der Waals surface area contributed by atoms with E-state index in [-0.39, 0.29) is 31.4 Å². The maximum atomic E-state index is 13.0. The van der Waals surface area contributed by atoms with Gasteiger partial charge in [0.15, 0.2) is 0 Å². The topological polar surface area (TPSA) is 66.0 Å². The van der Waals surface area contributed by atoms with E-state index in [1.165, 1.54) is 6.20 Å². The van der Waals surface area contributed by atoms with Crippen LogP contribution in [0.1, 0.15) is 6.42 Å². The van der Waals surface area contributed by atoms with E-state index in [0.717, 1.165) is 0 Å². The Hall–Kier alpha value is -0.600. The van der Waals surface area contributed by atoms with Crippen LogP contribution in [0.4, 0.5) is 14.6 Å². The van der Waals surface area contributed by atoms with Crippen molar-refractivity contribution in [2.75, 3.05) is 25.0 Å². The molecule has 0 radical (unpaired) electrons. The van der Waals surface area contributed by atoms with Crippen molar-refractivity contribution in [3.8, 4) is 0 Å². The first-order chi connectivity index (χ1) is 9.87. The SMILES string of the molecule is Cl.Cl.O=C(NCCNc1ncc(Cl)cc1Cl)C1CC(F)(F)CN1. The van der Waals surface area contributed by atoms with Crippen molar-refractivity contribution < 1.29 is 13.6 Å². The molecular formula is C12H16Cl4F2N4O. The third-order valence-electron chi connectivity index (χ3n) is 2.95. The average molecular weight is 412 g/mol. The Bertz CT molecular complexity index is 536. The minimum Gasteiger partial charge on any atom is -0.367 e. The van der Waals surface area contributed by atoms with Crippen LogP contribution in [0.15, 0.2) is 12.3 Å². The van der Waals surface area contributed by atoms with E-state index >= 15 is 0 Å². The summed E-state index contributed by atoms with van der Waals surface area (Å²) in [4.78, 5) is 15.7. The molecule has 1 aliphatic rings. The summed E-state index contributed by atoms with van der Waals surface area (Å²) in [5.74, 6) is -2.81. The van der Waals surface area contributed by atoms with Gasteiger partial charge < -0.3 is 10.6 Å². The zero-order valence-corrected chi connectivity index (χ0v) is 14.9. The lowest BCUT2D eigenvalue weighted by Crippen LogP contribution is -2.42. The molecule has 1 fully saturated rings. The zero-order valence-electron chi connectivity index (χ0n) is 11.7. The third-order valence-corrected chi connectivity index (χ3v) is 3.45. The molecule has 23 heavy (non-hydrogen) atoms. The number of carbonyl (C=O) groups excluding carboxylic acids is 1. The number of carbonyl (C=O) groups is 1. The van der Waals surface area contributed by atoms with Gasteiger partial charge in [-0.3, -0.25) is 10.1 Å². The van der Waals surface area contributed by atoms with Gasteiger partial charge in [-0.05, 0) is 6.07 Å². The highest BCUT2D eigenvalue weighted by Crippen LogP contribution is 2.25. The second-order valence-corrected chi connectivity index (χ2v) is 5.54. The molecule has 0 aromatic carbocycles. The van der Waals surface area contributed by atoms with E-state index in [1.54, 1.807) is 6.07 Å². The predicted octanol–water partition coefficient (Wildman–Crippen LogP) is 2.76. The molecule has 132 valence electrons. The standard InChI is InChI=1S/C12H14Cl2F2N4O.2ClH/c13-7-3-8(14)10(19-5-7)17-1-2-18-11(21)9-4-12(15,16)6-20-9;;/h3,5,9,20H,1-2,4,6H2,(H,17,19)(H,18,21);2*1H. The molecule has 1 atom stereocenters.